The van der Waals surface area contributed by atoms with Crippen LogP contribution in [0, 0.1) is 0 Å². The molecule has 10 heteroatoms. The van der Waals surface area contributed by atoms with E-state index in [-0.39, 0.29) is 30.8 Å². The Morgan fingerprint density at radius 3 is 2.56 bits per heavy atom. The van der Waals surface area contributed by atoms with Crippen molar-refractivity contribution in [2.24, 2.45) is 0 Å². The predicted octanol–water partition coefficient (Wildman–Crippen LogP) is 0.154. The number of carboxylic acids is 1. The maximum absolute atomic E-state index is 12.2. The van der Waals surface area contributed by atoms with Crippen molar-refractivity contribution in [3.8, 4) is 0 Å². The minimum absolute atomic E-state index is 0.0431. The fourth-order valence-electron chi connectivity index (χ4n) is 2.62. The molecule has 1 aromatic carbocycles. The second kappa shape index (κ2) is 10.5. The van der Waals surface area contributed by atoms with Gasteiger partial charge >= 0.3 is 5.97 Å². The highest BCUT2D eigenvalue weighted by molar-refractivity contribution is 7.99. The Kier molecular flexibility index (Phi) is 8.36. The van der Waals surface area contributed by atoms with Gasteiger partial charge in [0.05, 0.1) is 12.6 Å². The number of rotatable bonds is 9. The molecule has 1 heterocycles. The summed E-state index contributed by atoms with van der Waals surface area (Å²) in [6.07, 6.45) is -0.0431. The lowest BCUT2D eigenvalue weighted by atomic mass is 9.95. The topological polar surface area (TPSA) is 128 Å². The first-order valence-electron chi connectivity index (χ1n) is 8.38. The summed E-state index contributed by atoms with van der Waals surface area (Å²) in [6.45, 7) is -0.484. The molecule has 1 fully saturated rings. The van der Waals surface area contributed by atoms with Crippen LogP contribution < -0.4 is 16.0 Å². The van der Waals surface area contributed by atoms with Crippen molar-refractivity contribution >= 4 is 41.1 Å². The summed E-state index contributed by atoms with van der Waals surface area (Å²) >= 11 is 7.54. The standard InChI is InChI=1S/C17H22ClN3O5S/c18-12-3-1-10(2-4-12)11(5-15(23)21-13(7-22)17(25)26)6-19-16(24)14-8-27-9-20-14/h1-4,11,13-14,20,22H,5-9H2,(H,19,24)(H,21,23)(H,25,26). The van der Waals surface area contributed by atoms with E-state index in [0.29, 0.717) is 10.8 Å². The fourth-order valence-corrected chi connectivity index (χ4v) is 3.68. The Labute approximate surface area is 166 Å². The number of hydrogen-bond acceptors (Lipinski definition) is 6. The van der Waals surface area contributed by atoms with Gasteiger partial charge in [-0.2, -0.15) is 0 Å². The second-order valence-corrected chi connectivity index (χ2v) is 7.58. The van der Waals surface area contributed by atoms with Crippen molar-refractivity contribution in [2.45, 2.75) is 24.4 Å². The number of amides is 2. The smallest absolute Gasteiger partial charge is 0.328 e. The molecule has 0 saturated carbocycles. The van der Waals surface area contributed by atoms with Crippen molar-refractivity contribution in [3.63, 3.8) is 0 Å². The molecular formula is C17H22ClN3O5S. The second-order valence-electron chi connectivity index (χ2n) is 6.11. The molecule has 1 aliphatic heterocycles. The van der Waals surface area contributed by atoms with Crippen LogP contribution >= 0.6 is 23.4 Å². The van der Waals surface area contributed by atoms with Crippen LogP contribution in [-0.4, -0.2) is 64.9 Å². The van der Waals surface area contributed by atoms with Crippen LogP contribution in [0.4, 0.5) is 0 Å². The summed E-state index contributed by atoms with van der Waals surface area (Å²) in [5, 5.41) is 26.7. The maximum Gasteiger partial charge on any atom is 0.328 e. The first-order valence-corrected chi connectivity index (χ1v) is 9.91. The number of halogens is 1. The van der Waals surface area contributed by atoms with Gasteiger partial charge in [0, 0.05) is 35.5 Å². The third-order valence-corrected chi connectivity index (χ3v) is 5.34. The molecule has 1 saturated heterocycles. The Hall–Kier alpha value is -1.81. The number of carbonyl (C=O) groups excluding carboxylic acids is 2. The SMILES string of the molecule is O=C(CC(CNC(=O)C1CSCN1)c1ccc(Cl)cc1)NC(CO)C(=O)O. The quantitative estimate of drug-likeness (QED) is 0.388. The number of carbonyl (C=O) groups is 3. The van der Waals surface area contributed by atoms with Gasteiger partial charge in [-0.05, 0) is 17.7 Å². The molecule has 0 bridgehead atoms. The van der Waals surface area contributed by atoms with Gasteiger partial charge in [0.15, 0.2) is 0 Å². The molecule has 0 aliphatic carbocycles. The Morgan fingerprint density at radius 2 is 2.00 bits per heavy atom. The van der Waals surface area contributed by atoms with Gasteiger partial charge in [-0.1, -0.05) is 23.7 Å². The summed E-state index contributed by atoms with van der Waals surface area (Å²) in [5.74, 6) is -0.938. The molecule has 3 atom stereocenters. The molecule has 0 spiro atoms. The third kappa shape index (κ3) is 6.69. The van der Waals surface area contributed by atoms with Crippen molar-refractivity contribution in [3.05, 3.63) is 34.9 Å². The minimum Gasteiger partial charge on any atom is -0.480 e. The van der Waals surface area contributed by atoms with Crippen LogP contribution in [-0.2, 0) is 14.4 Å². The minimum atomic E-state index is -1.36. The van der Waals surface area contributed by atoms with Crippen LogP contribution in [0.3, 0.4) is 0 Å². The Balaban J connectivity index is 2.02. The van der Waals surface area contributed by atoms with Gasteiger partial charge in [0.1, 0.15) is 6.04 Å². The fraction of sp³-hybridized carbons (Fsp3) is 0.471. The van der Waals surface area contributed by atoms with E-state index in [1.54, 1.807) is 36.0 Å². The Morgan fingerprint density at radius 1 is 1.30 bits per heavy atom. The van der Waals surface area contributed by atoms with Crippen LogP contribution in [0.25, 0.3) is 0 Å². The number of benzene rings is 1. The predicted molar refractivity (Wildman–Crippen MR) is 103 cm³/mol. The normalized spacial score (nSPS) is 18.5. The number of aliphatic hydroxyl groups is 1. The van der Waals surface area contributed by atoms with Crippen molar-refractivity contribution in [1.29, 1.82) is 0 Å². The first kappa shape index (κ1) is 21.5. The van der Waals surface area contributed by atoms with Crippen LogP contribution in [0.1, 0.15) is 17.9 Å². The molecule has 2 rings (SSSR count). The molecule has 0 aromatic heterocycles. The lowest BCUT2D eigenvalue weighted by Crippen LogP contribution is -2.45. The van der Waals surface area contributed by atoms with Crippen LogP contribution in [0.2, 0.25) is 5.02 Å². The van der Waals surface area contributed by atoms with Gasteiger partial charge < -0.3 is 20.8 Å². The highest BCUT2D eigenvalue weighted by Crippen LogP contribution is 2.21. The van der Waals surface area contributed by atoms with Gasteiger partial charge in [0.2, 0.25) is 11.8 Å². The highest BCUT2D eigenvalue weighted by Gasteiger charge is 2.25. The highest BCUT2D eigenvalue weighted by atomic mass is 35.5. The number of aliphatic hydroxyl groups excluding tert-OH is 1. The molecule has 1 aromatic rings. The van der Waals surface area contributed by atoms with Crippen LogP contribution in [0.5, 0.6) is 0 Å². The van der Waals surface area contributed by atoms with Crippen molar-refractivity contribution < 1.29 is 24.6 Å². The van der Waals surface area contributed by atoms with Gasteiger partial charge in [0.25, 0.3) is 0 Å². The zero-order valence-electron chi connectivity index (χ0n) is 14.5. The first-order chi connectivity index (χ1) is 12.9. The average Bonchev–Trinajstić information content (AvgIpc) is 3.18. The number of carboxylic acid groups (broad SMARTS) is 1. The van der Waals surface area contributed by atoms with E-state index in [0.717, 1.165) is 11.4 Å². The molecular weight excluding hydrogens is 394 g/mol. The molecule has 148 valence electrons. The largest absolute Gasteiger partial charge is 0.480 e. The van der Waals surface area contributed by atoms with E-state index < -0.39 is 24.5 Å². The lowest BCUT2D eigenvalue weighted by molar-refractivity contribution is -0.143. The van der Waals surface area contributed by atoms with Crippen molar-refractivity contribution in [1.82, 2.24) is 16.0 Å². The van der Waals surface area contributed by atoms with E-state index in [9.17, 15) is 14.4 Å². The van der Waals surface area contributed by atoms with Gasteiger partial charge in [-0.3, -0.25) is 14.9 Å². The van der Waals surface area contributed by atoms with Crippen molar-refractivity contribution in [2.75, 3.05) is 24.8 Å². The molecule has 2 amide bonds. The maximum atomic E-state index is 12.2. The van der Waals surface area contributed by atoms with E-state index in [1.807, 2.05) is 0 Å². The average molecular weight is 416 g/mol. The zero-order chi connectivity index (χ0) is 19.8. The summed E-state index contributed by atoms with van der Waals surface area (Å²) in [5.41, 5.74) is 0.791. The number of aliphatic carboxylic acids is 1. The molecule has 1 aliphatic rings. The number of hydrogen-bond donors (Lipinski definition) is 5. The number of thioether (sulfide) groups is 1. The summed E-state index contributed by atoms with van der Waals surface area (Å²) in [6, 6.07) is 5.27. The summed E-state index contributed by atoms with van der Waals surface area (Å²) in [7, 11) is 0. The molecule has 27 heavy (non-hydrogen) atoms. The third-order valence-electron chi connectivity index (χ3n) is 4.14. The summed E-state index contributed by atoms with van der Waals surface area (Å²) < 4.78 is 0. The zero-order valence-corrected chi connectivity index (χ0v) is 16.1. The van der Waals surface area contributed by atoms with E-state index in [4.69, 9.17) is 21.8 Å². The molecule has 8 nitrogen and oxygen atoms in total. The van der Waals surface area contributed by atoms with Gasteiger partial charge in [-0.15, -0.1) is 11.8 Å². The molecule has 0 radical (unpaired) electrons. The van der Waals surface area contributed by atoms with E-state index in [1.165, 1.54) is 0 Å². The lowest BCUT2D eigenvalue weighted by Gasteiger charge is -2.20. The number of nitrogens with one attached hydrogen (secondary N) is 3. The molecule has 3 unspecified atom stereocenters. The monoisotopic (exact) mass is 415 g/mol. The van der Waals surface area contributed by atoms with E-state index in [2.05, 4.69) is 16.0 Å². The van der Waals surface area contributed by atoms with Gasteiger partial charge in [-0.25, -0.2) is 4.79 Å². The van der Waals surface area contributed by atoms with Crippen LogP contribution in [0.15, 0.2) is 24.3 Å². The Bertz CT molecular complexity index is 667. The van der Waals surface area contributed by atoms with E-state index >= 15 is 0 Å². The molecule has 5 N–H and O–H groups in total. The summed E-state index contributed by atoms with van der Waals surface area (Å²) in [4.78, 5) is 35.4.